The summed E-state index contributed by atoms with van der Waals surface area (Å²) in [6, 6.07) is 0. The van der Waals surface area contributed by atoms with Crippen molar-refractivity contribution in [2.45, 2.75) is 26.7 Å². The van der Waals surface area contributed by atoms with Crippen molar-refractivity contribution in [2.75, 3.05) is 0 Å². The van der Waals surface area contributed by atoms with Gasteiger partial charge in [0.05, 0.1) is 0 Å². The van der Waals surface area contributed by atoms with Crippen molar-refractivity contribution >= 4 is 0 Å². The molecule has 0 bridgehead atoms. The highest BCUT2D eigenvalue weighted by Crippen LogP contribution is 2.27. The summed E-state index contributed by atoms with van der Waals surface area (Å²) in [6.45, 7) is 4.00. The highest BCUT2D eigenvalue weighted by molar-refractivity contribution is 5.34. The molecule has 0 N–H and O–H groups in total. The quantitative estimate of drug-likeness (QED) is 0.456. The molecular weight excluding hydrogens is 132 g/mol. The third-order valence-corrected chi connectivity index (χ3v) is 1.05. The van der Waals surface area contributed by atoms with Gasteiger partial charge in [0.25, 0.3) is 0 Å². The van der Waals surface area contributed by atoms with E-state index in [0.717, 1.165) is 0 Å². The van der Waals surface area contributed by atoms with E-state index < -0.39 is 0 Å². The van der Waals surface area contributed by atoms with Gasteiger partial charge in [0, 0.05) is 5.92 Å². The van der Waals surface area contributed by atoms with Crippen LogP contribution in [-0.2, 0) is 0 Å². The smallest absolute Gasteiger partial charge is 0.0214 e. The molecule has 0 unspecified atom stereocenters. The Bertz CT molecular complexity index is 240. The molecule has 1 saturated carbocycles. The maximum absolute atomic E-state index is 4.87. The van der Waals surface area contributed by atoms with Crippen LogP contribution in [0.15, 0.2) is 0 Å². The molecule has 0 radical (unpaired) electrons. The van der Waals surface area contributed by atoms with E-state index in [4.69, 9.17) is 6.42 Å². The number of rotatable bonds is 0. The summed E-state index contributed by atoms with van der Waals surface area (Å²) in [5.41, 5.74) is 0. The SMILES string of the molecule is C#CC#CC#CC1CC1.CC. The molecule has 1 rings (SSSR count). The van der Waals surface area contributed by atoms with Gasteiger partial charge in [-0.25, -0.2) is 0 Å². The lowest BCUT2D eigenvalue weighted by Gasteiger charge is -1.63. The molecule has 1 fully saturated rings. The molecule has 0 saturated heterocycles. The van der Waals surface area contributed by atoms with E-state index in [9.17, 15) is 0 Å². The highest BCUT2D eigenvalue weighted by atomic mass is 14.2. The Balaban J connectivity index is 0.000000461. The molecule has 0 atom stereocenters. The lowest BCUT2D eigenvalue weighted by Crippen LogP contribution is -1.59. The molecule has 0 heteroatoms. The predicted octanol–water partition coefficient (Wildman–Crippen LogP) is 2.06. The van der Waals surface area contributed by atoms with E-state index in [-0.39, 0.29) is 0 Å². The van der Waals surface area contributed by atoms with Crippen LogP contribution in [0.1, 0.15) is 26.7 Å². The van der Waals surface area contributed by atoms with Crippen LogP contribution in [-0.4, -0.2) is 0 Å². The Kier molecular flexibility index (Phi) is 5.98. The second-order valence-corrected chi connectivity index (χ2v) is 1.94. The average Bonchev–Trinajstić information content (AvgIpc) is 2.86. The van der Waals surface area contributed by atoms with Crippen LogP contribution in [0.25, 0.3) is 0 Å². The van der Waals surface area contributed by atoms with Gasteiger partial charge in [0.15, 0.2) is 0 Å². The van der Waals surface area contributed by atoms with Crippen molar-refractivity contribution in [3.05, 3.63) is 0 Å². The average molecular weight is 144 g/mol. The molecule has 11 heavy (non-hydrogen) atoms. The van der Waals surface area contributed by atoms with E-state index in [1.54, 1.807) is 0 Å². The molecule has 0 amide bonds. The van der Waals surface area contributed by atoms with Crippen molar-refractivity contribution in [3.8, 4) is 36.0 Å². The van der Waals surface area contributed by atoms with Crippen LogP contribution in [0, 0.1) is 41.9 Å². The summed E-state index contributed by atoms with van der Waals surface area (Å²) < 4.78 is 0. The van der Waals surface area contributed by atoms with Gasteiger partial charge in [0.1, 0.15) is 0 Å². The summed E-state index contributed by atoms with van der Waals surface area (Å²) in [7, 11) is 0. The van der Waals surface area contributed by atoms with Gasteiger partial charge in [0.2, 0.25) is 0 Å². The Hall–Kier alpha value is -1.32. The van der Waals surface area contributed by atoms with Gasteiger partial charge >= 0.3 is 0 Å². The molecule has 56 valence electrons. The number of hydrogen-bond acceptors (Lipinski definition) is 0. The first-order valence-electron chi connectivity index (χ1n) is 3.89. The number of hydrogen-bond donors (Lipinski definition) is 0. The normalized spacial score (nSPS) is 11.7. The van der Waals surface area contributed by atoms with Crippen molar-refractivity contribution in [3.63, 3.8) is 0 Å². The second kappa shape index (κ2) is 6.80. The van der Waals surface area contributed by atoms with Gasteiger partial charge in [-0.2, -0.15) is 0 Å². The van der Waals surface area contributed by atoms with Gasteiger partial charge in [-0.3, -0.25) is 0 Å². The van der Waals surface area contributed by atoms with Crippen molar-refractivity contribution < 1.29 is 0 Å². The minimum Gasteiger partial charge on any atom is -0.106 e. The lowest BCUT2D eigenvalue weighted by atomic mass is 10.4. The minimum absolute atomic E-state index is 0.622. The zero-order chi connectivity index (χ0) is 8.53. The fourth-order valence-electron chi connectivity index (χ4n) is 0.433. The fourth-order valence-corrected chi connectivity index (χ4v) is 0.433. The third kappa shape index (κ3) is 6.57. The summed E-state index contributed by atoms with van der Waals surface area (Å²) in [6.07, 6.45) is 7.35. The van der Waals surface area contributed by atoms with E-state index in [1.165, 1.54) is 12.8 Å². The first kappa shape index (κ1) is 9.68. The molecule has 0 heterocycles. The summed E-state index contributed by atoms with van der Waals surface area (Å²) >= 11 is 0. The molecule has 0 spiro atoms. The third-order valence-electron chi connectivity index (χ3n) is 1.05. The zero-order valence-corrected chi connectivity index (χ0v) is 7.07. The molecule has 0 nitrogen and oxygen atoms in total. The van der Waals surface area contributed by atoms with Crippen molar-refractivity contribution in [1.29, 1.82) is 0 Å². The largest absolute Gasteiger partial charge is 0.106 e. The standard InChI is InChI=1S/C9H6.C2H6/c1-2-3-4-5-6-9-7-8-9;1-2/h1,9H,7-8H2;1-2H3. The summed E-state index contributed by atoms with van der Waals surface area (Å²) in [5, 5.41) is 0. The van der Waals surface area contributed by atoms with Crippen LogP contribution < -0.4 is 0 Å². The Labute approximate surface area is 69.4 Å². The molecule has 0 aromatic carbocycles. The maximum Gasteiger partial charge on any atom is 0.0214 e. The molecule has 0 aliphatic heterocycles. The fraction of sp³-hybridized carbons (Fsp3) is 0.455. The highest BCUT2D eigenvalue weighted by Gasteiger charge is 2.17. The van der Waals surface area contributed by atoms with Crippen LogP contribution in [0.4, 0.5) is 0 Å². The Morgan fingerprint density at radius 3 is 2.18 bits per heavy atom. The lowest BCUT2D eigenvalue weighted by molar-refractivity contribution is 1.18. The topological polar surface area (TPSA) is 0 Å². The van der Waals surface area contributed by atoms with Gasteiger partial charge in [-0.15, -0.1) is 6.42 Å². The number of terminal acetylenes is 1. The first-order chi connectivity index (χ1) is 5.43. The predicted molar refractivity (Wildman–Crippen MR) is 48.5 cm³/mol. The van der Waals surface area contributed by atoms with Gasteiger partial charge in [-0.1, -0.05) is 19.8 Å². The van der Waals surface area contributed by atoms with E-state index in [2.05, 4.69) is 29.6 Å². The van der Waals surface area contributed by atoms with Crippen molar-refractivity contribution in [1.82, 2.24) is 0 Å². The van der Waals surface area contributed by atoms with Crippen molar-refractivity contribution in [2.24, 2.45) is 5.92 Å². The minimum atomic E-state index is 0.622. The van der Waals surface area contributed by atoms with E-state index in [0.29, 0.717) is 5.92 Å². The summed E-state index contributed by atoms with van der Waals surface area (Å²) in [4.78, 5) is 0. The van der Waals surface area contributed by atoms with Crippen LogP contribution >= 0.6 is 0 Å². The molecular formula is C11H12. The molecule has 1 aliphatic carbocycles. The maximum atomic E-state index is 4.87. The summed E-state index contributed by atoms with van der Waals surface area (Å²) in [5.74, 6) is 13.5. The van der Waals surface area contributed by atoms with Crippen LogP contribution in [0.5, 0.6) is 0 Å². The van der Waals surface area contributed by atoms with Gasteiger partial charge < -0.3 is 0 Å². The van der Waals surface area contributed by atoms with Crippen LogP contribution in [0.2, 0.25) is 0 Å². The molecule has 0 aromatic rings. The zero-order valence-electron chi connectivity index (χ0n) is 7.07. The second-order valence-electron chi connectivity index (χ2n) is 1.94. The van der Waals surface area contributed by atoms with Gasteiger partial charge in [-0.05, 0) is 36.5 Å². The molecule has 0 aromatic heterocycles. The molecule has 1 aliphatic rings. The van der Waals surface area contributed by atoms with E-state index >= 15 is 0 Å². The Morgan fingerprint density at radius 2 is 1.73 bits per heavy atom. The first-order valence-corrected chi connectivity index (χ1v) is 3.89. The Morgan fingerprint density at radius 1 is 1.09 bits per heavy atom. The van der Waals surface area contributed by atoms with E-state index in [1.807, 2.05) is 13.8 Å². The van der Waals surface area contributed by atoms with Crippen LogP contribution in [0.3, 0.4) is 0 Å². The monoisotopic (exact) mass is 144 g/mol.